The molecule has 34 heavy (non-hydrogen) atoms. The van der Waals surface area contributed by atoms with Gasteiger partial charge in [-0.25, -0.2) is 0 Å². The summed E-state index contributed by atoms with van der Waals surface area (Å²) in [6.45, 7) is 3.29. The van der Waals surface area contributed by atoms with Gasteiger partial charge in [0.2, 0.25) is 0 Å². The number of likely N-dealkylation sites (tertiary alicyclic amines) is 1. The summed E-state index contributed by atoms with van der Waals surface area (Å²) in [7, 11) is 0. The van der Waals surface area contributed by atoms with E-state index in [0.29, 0.717) is 52.8 Å². The summed E-state index contributed by atoms with van der Waals surface area (Å²) in [5.41, 5.74) is 0.897. The Balaban J connectivity index is 1.35. The van der Waals surface area contributed by atoms with Crippen molar-refractivity contribution in [3.63, 3.8) is 0 Å². The Kier molecular flexibility index (Phi) is 6.64. The molecule has 0 radical (unpaired) electrons. The summed E-state index contributed by atoms with van der Waals surface area (Å²) in [6.07, 6.45) is 2.56. The molecule has 5 nitrogen and oxygen atoms in total. The van der Waals surface area contributed by atoms with Crippen molar-refractivity contribution in [3.8, 4) is 11.5 Å². The van der Waals surface area contributed by atoms with E-state index in [9.17, 15) is 4.79 Å². The molecule has 180 valence electrons. The van der Waals surface area contributed by atoms with Gasteiger partial charge in [0.1, 0.15) is 13.2 Å². The maximum absolute atomic E-state index is 15.2. The van der Waals surface area contributed by atoms with Crippen LogP contribution in [-0.4, -0.2) is 49.7 Å². The second-order valence-corrected chi connectivity index (χ2v) is 10.2. The van der Waals surface area contributed by atoms with Crippen LogP contribution in [0.15, 0.2) is 42.5 Å². The Hall–Kier alpha value is -2.42. The molecule has 1 atom stereocenters. The van der Waals surface area contributed by atoms with Gasteiger partial charge in [0.05, 0.1) is 4.88 Å². The molecule has 2 aromatic carbocycles. The van der Waals surface area contributed by atoms with E-state index in [4.69, 9.17) is 21.1 Å². The average Bonchev–Trinajstić information content (AvgIpc) is 3.48. The lowest BCUT2D eigenvalue weighted by Gasteiger charge is -2.27. The number of nitrogens with zero attached hydrogens (tertiary/aromatic N) is 1. The van der Waals surface area contributed by atoms with Crippen LogP contribution >= 0.6 is 22.9 Å². The lowest BCUT2D eigenvalue weighted by molar-refractivity contribution is -0.147. The number of halogens is 3. The largest absolute Gasteiger partial charge is 0.486 e. The molecule has 1 N–H and O–H groups in total. The molecule has 3 heterocycles. The number of ether oxygens (including phenoxy) is 2. The predicted molar refractivity (Wildman–Crippen MR) is 129 cm³/mol. The number of rotatable bonds is 7. The number of carbonyl (C=O) groups is 1. The molecule has 5 rings (SSSR count). The van der Waals surface area contributed by atoms with E-state index in [0.717, 1.165) is 42.8 Å². The normalized spacial score (nSPS) is 17.1. The van der Waals surface area contributed by atoms with Crippen LogP contribution in [0.5, 0.6) is 11.5 Å². The fraction of sp³-hybridized carbons (Fsp3) is 0.400. The van der Waals surface area contributed by atoms with Gasteiger partial charge >= 0.3 is 5.92 Å². The zero-order chi connectivity index (χ0) is 23.7. The minimum Gasteiger partial charge on any atom is -0.486 e. The number of fused-ring (bicyclic) bond motifs is 2. The Bertz CT molecular complexity index is 1200. The minimum atomic E-state index is -3.65. The third-order valence-electron chi connectivity index (χ3n) is 6.17. The molecule has 0 saturated carbocycles. The van der Waals surface area contributed by atoms with Crippen molar-refractivity contribution >= 4 is 38.9 Å². The summed E-state index contributed by atoms with van der Waals surface area (Å²) in [6, 6.07) is 11.4. The molecule has 0 bridgehead atoms. The van der Waals surface area contributed by atoms with Crippen LogP contribution in [0.4, 0.5) is 8.78 Å². The zero-order valence-corrected chi connectivity index (χ0v) is 20.1. The highest BCUT2D eigenvalue weighted by Crippen LogP contribution is 2.38. The molecule has 3 aromatic rings. The van der Waals surface area contributed by atoms with E-state index in [-0.39, 0.29) is 4.88 Å². The number of alkyl halides is 2. The Morgan fingerprint density at radius 2 is 1.85 bits per heavy atom. The summed E-state index contributed by atoms with van der Waals surface area (Å²) < 4.78 is 42.4. The molecule has 0 spiro atoms. The maximum atomic E-state index is 15.2. The average molecular weight is 507 g/mol. The molecule has 0 unspecified atom stereocenters. The zero-order valence-electron chi connectivity index (χ0n) is 18.5. The first kappa shape index (κ1) is 23.3. The molecule has 0 aliphatic carbocycles. The van der Waals surface area contributed by atoms with Crippen LogP contribution in [-0.2, 0) is 17.1 Å². The number of hydrogen-bond acceptors (Lipinski definition) is 5. The number of thiophene rings is 1. The third kappa shape index (κ3) is 4.99. The van der Waals surface area contributed by atoms with E-state index in [1.165, 1.54) is 6.07 Å². The first-order valence-corrected chi connectivity index (χ1v) is 12.6. The third-order valence-corrected chi connectivity index (χ3v) is 7.60. The SMILES string of the molecule is O=C(N[C@@H](Cc1ccc2c(c1)OCCO2)CN1CCCC1)C(F)(F)c1cc2cc(Cl)ccc2s1. The van der Waals surface area contributed by atoms with Crippen LogP contribution in [0.25, 0.3) is 10.1 Å². The minimum absolute atomic E-state index is 0.290. The van der Waals surface area contributed by atoms with Gasteiger partial charge in [-0.05, 0) is 79.7 Å². The van der Waals surface area contributed by atoms with Crippen LogP contribution in [0.3, 0.4) is 0 Å². The van der Waals surface area contributed by atoms with E-state index in [1.54, 1.807) is 18.2 Å². The van der Waals surface area contributed by atoms with Gasteiger partial charge in [-0.3, -0.25) is 4.79 Å². The number of hydrogen-bond donors (Lipinski definition) is 1. The predicted octanol–water partition coefficient (Wildman–Crippen LogP) is 5.24. The second kappa shape index (κ2) is 9.68. The molecular weight excluding hydrogens is 482 g/mol. The monoisotopic (exact) mass is 506 g/mol. The van der Waals surface area contributed by atoms with Crippen LogP contribution in [0.1, 0.15) is 23.3 Å². The lowest BCUT2D eigenvalue weighted by Crippen LogP contribution is -2.49. The Morgan fingerprint density at radius 1 is 1.09 bits per heavy atom. The highest BCUT2D eigenvalue weighted by Gasteiger charge is 2.43. The maximum Gasteiger partial charge on any atom is 0.358 e. The summed E-state index contributed by atoms with van der Waals surface area (Å²) in [5.74, 6) is -3.62. The second-order valence-electron chi connectivity index (χ2n) is 8.73. The van der Waals surface area contributed by atoms with Gasteiger partial charge in [0.25, 0.3) is 5.91 Å². The summed E-state index contributed by atoms with van der Waals surface area (Å²) in [4.78, 5) is 14.8. The van der Waals surface area contributed by atoms with E-state index in [1.807, 2.05) is 18.2 Å². The fourth-order valence-electron chi connectivity index (χ4n) is 4.49. The van der Waals surface area contributed by atoms with Crippen molar-refractivity contribution in [2.75, 3.05) is 32.8 Å². The molecule has 1 saturated heterocycles. The number of carbonyl (C=O) groups excluding carboxylic acids is 1. The Morgan fingerprint density at radius 3 is 2.65 bits per heavy atom. The summed E-state index contributed by atoms with van der Waals surface area (Å²) in [5, 5.41) is 3.71. The van der Waals surface area contributed by atoms with E-state index >= 15 is 8.78 Å². The standard InChI is InChI=1S/C25H25ClF2N2O3S/c26-18-4-6-22-17(13-18)14-23(34-22)25(27,28)24(31)29-19(15-30-7-1-2-8-30)11-16-3-5-20-21(12-16)33-10-9-32-20/h3-6,12-14,19H,1-2,7-11,15H2,(H,29,31)/t19-/m0/s1. The van der Waals surface area contributed by atoms with Crippen molar-refractivity contribution in [1.29, 1.82) is 0 Å². The first-order chi connectivity index (χ1) is 16.4. The quantitative estimate of drug-likeness (QED) is 0.476. The molecule has 1 fully saturated rings. The first-order valence-electron chi connectivity index (χ1n) is 11.4. The Labute approximate surface area is 205 Å². The summed E-state index contributed by atoms with van der Waals surface area (Å²) >= 11 is 6.90. The van der Waals surface area contributed by atoms with Crippen molar-refractivity contribution in [2.45, 2.75) is 31.2 Å². The number of nitrogens with one attached hydrogen (secondary N) is 1. The molecule has 2 aliphatic heterocycles. The van der Waals surface area contributed by atoms with Gasteiger partial charge in [-0.2, -0.15) is 8.78 Å². The van der Waals surface area contributed by atoms with Crippen LogP contribution in [0.2, 0.25) is 5.02 Å². The van der Waals surface area contributed by atoms with Crippen LogP contribution < -0.4 is 14.8 Å². The van der Waals surface area contributed by atoms with Gasteiger partial charge in [-0.15, -0.1) is 11.3 Å². The molecule has 2 aliphatic rings. The highest BCUT2D eigenvalue weighted by atomic mass is 35.5. The van der Waals surface area contributed by atoms with Crippen molar-refractivity contribution in [1.82, 2.24) is 10.2 Å². The van der Waals surface area contributed by atoms with Crippen molar-refractivity contribution in [3.05, 3.63) is 57.9 Å². The number of amides is 1. The van der Waals surface area contributed by atoms with Gasteiger partial charge < -0.3 is 19.7 Å². The van der Waals surface area contributed by atoms with E-state index < -0.39 is 17.9 Å². The molecular formula is C25H25ClF2N2O3S. The molecule has 1 amide bonds. The van der Waals surface area contributed by atoms with Gasteiger partial charge in [0.15, 0.2) is 11.5 Å². The van der Waals surface area contributed by atoms with Crippen molar-refractivity contribution < 1.29 is 23.0 Å². The highest BCUT2D eigenvalue weighted by molar-refractivity contribution is 7.19. The van der Waals surface area contributed by atoms with Crippen LogP contribution in [0, 0.1) is 0 Å². The molecule has 9 heteroatoms. The molecule has 1 aromatic heterocycles. The van der Waals surface area contributed by atoms with E-state index in [2.05, 4.69) is 10.2 Å². The lowest BCUT2D eigenvalue weighted by atomic mass is 10.0. The fourth-order valence-corrected chi connectivity index (χ4v) is 5.69. The number of benzene rings is 2. The smallest absolute Gasteiger partial charge is 0.358 e. The topological polar surface area (TPSA) is 50.8 Å². The van der Waals surface area contributed by atoms with Gasteiger partial charge in [-0.1, -0.05) is 17.7 Å². The van der Waals surface area contributed by atoms with Gasteiger partial charge in [0, 0.05) is 22.3 Å². The van der Waals surface area contributed by atoms with Crippen molar-refractivity contribution in [2.24, 2.45) is 0 Å².